The minimum Gasteiger partial charge on any atom is -0.493 e. The quantitative estimate of drug-likeness (QED) is 0.805. The first-order chi connectivity index (χ1) is 8.47. The molecule has 0 spiro atoms. The van der Waals surface area contributed by atoms with Gasteiger partial charge in [-0.3, -0.25) is 4.79 Å². The number of carbonyl (C=O) groups excluding carboxylic acids is 1. The number of benzene rings is 1. The van der Waals surface area contributed by atoms with E-state index in [1.807, 2.05) is 32.9 Å². The second-order valence-corrected chi connectivity index (χ2v) is 4.70. The molecule has 4 nitrogen and oxygen atoms in total. The Kier molecular flexibility index (Phi) is 5.65. The Balaban J connectivity index is 2.30. The number of ether oxygens (including phenoxy) is 1. The predicted molar refractivity (Wildman–Crippen MR) is 72.7 cm³/mol. The maximum Gasteiger partial charge on any atom is 0.223 e. The lowest BCUT2D eigenvalue weighted by Gasteiger charge is -2.10. The van der Waals surface area contributed by atoms with Crippen LogP contribution in [0.1, 0.15) is 24.5 Å². The first-order valence-corrected chi connectivity index (χ1v) is 6.21. The molecule has 0 aliphatic rings. The van der Waals surface area contributed by atoms with Gasteiger partial charge in [0.05, 0.1) is 13.0 Å². The third-order valence-corrected chi connectivity index (χ3v) is 2.41. The molecule has 1 aromatic rings. The van der Waals surface area contributed by atoms with Crippen LogP contribution in [0.4, 0.5) is 0 Å². The third-order valence-electron chi connectivity index (χ3n) is 2.41. The van der Waals surface area contributed by atoms with Crippen molar-refractivity contribution in [3.05, 3.63) is 29.3 Å². The molecule has 0 fully saturated rings. The Morgan fingerprint density at radius 1 is 1.33 bits per heavy atom. The van der Waals surface area contributed by atoms with Crippen LogP contribution in [0.15, 0.2) is 18.2 Å². The van der Waals surface area contributed by atoms with Crippen molar-refractivity contribution in [2.75, 3.05) is 13.2 Å². The van der Waals surface area contributed by atoms with Crippen LogP contribution in [-0.2, 0) is 4.79 Å². The van der Waals surface area contributed by atoms with E-state index in [9.17, 15) is 4.79 Å². The molecule has 0 aromatic heterocycles. The molecular weight excluding hydrogens is 228 g/mol. The number of nitrogens with one attached hydrogen (secondary N) is 1. The van der Waals surface area contributed by atoms with Gasteiger partial charge in [0.15, 0.2) is 0 Å². The smallest absolute Gasteiger partial charge is 0.223 e. The summed E-state index contributed by atoms with van der Waals surface area (Å²) in [6.07, 6.45) is 0.347. The molecule has 1 aromatic carbocycles. The van der Waals surface area contributed by atoms with E-state index < -0.39 is 0 Å². The lowest BCUT2D eigenvalue weighted by atomic mass is 10.1. The average Bonchev–Trinajstić information content (AvgIpc) is 2.25. The standard InChI is InChI=1S/C14H22N2O2/c1-10-6-11(2)8-13(7-10)18-5-4-14(17)16-9-12(3)15/h6-8,12H,4-5,9,15H2,1-3H3,(H,16,17). The molecule has 1 unspecified atom stereocenters. The molecule has 0 saturated carbocycles. The Hall–Kier alpha value is -1.55. The van der Waals surface area contributed by atoms with Crippen molar-refractivity contribution < 1.29 is 9.53 Å². The number of hydrogen-bond acceptors (Lipinski definition) is 3. The number of hydrogen-bond donors (Lipinski definition) is 2. The molecule has 0 radical (unpaired) electrons. The Morgan fingerprint density at radius 3 is 2.50 bits per heavy atom. The van der Waals surface area contributed by atoms with Crippen molar-refractivity contribution in [3.63, 3.8) is 0 Å². The second kappa shape index (κ2) is 7.01. The van der Waals surface area contributed by atoms with E-state index >= 15 is 0 Å². The summed E-state index contributed by atoms with van der Waals surface area (Å²) in [5.41, 5.74) is 7.87. The predicted octanol–water partition coefficient (Wildman–Crippen LogP) is 1.54. The monoisotopic (exact) mass is 250 g/mol. The Bertz CT molecular complexity index is 383. The van der Waals surface area contributed by atoms with Gasteiger partial charge < -0.3 is 15.8 Å². The van der Waals surface area contributed by atoms with Crippen molar-refractivity contribution >= 4 is 5.91 Å². The fourth-order valence-corrected chi connectivity index (χ4v) is 1.64. The van der Waals surface area contributed by atoms with Gasteiger partial charge in [0.1, 0.15) is 5.75 Å². The topological polar surface area (TPSA) is 64.3 Å². The summed E-state index contributed by atoms with van der Waals surface area (Å²) in [4.78, 5) is 11.4. The highest BCUT2D eigenvalue weighted by molar-refractivity contribution is 5.76. The molecule has 0 bridgehead atoms. The summed E-state index contributed by atoms with van der Waals surface area (Å²) < 4.78 is 5.55. The van der Waals surface area contributed by atoms with Gasteiger partial charge in [0.25, 0.3) is 0 Å². The lowest BCUT2D eigenvalue weighted by molar-refractivity contribution is -0.121. The van der Waals surface area contributed by atoms with Gasteiger partial charge in [-0.2, -0.15) is 0 Å². The molecule has 0 aliphatic carbocycles. The summed E-state index contributed by atoms with van der Waals surface area (Å²) in [6.45, 7) is 6.78. The third kappa shape index (κ3) is 5.68. The van der Waals surface area contributed by atoms with Crippen LogP contribution in [0.3, 0.4) is 0 Å². The number of nitrogens with two attached hydrogens (primary N) is 1. The van der Waals surface area contributed by atoms with Gasteiger partial charge in [0.2, 0.25) is 5.91 Å². The van der Waals surface area contributed by atoms with E-state index in [0.717, 1.165) is 16.9 Å². The van der Waals surface area contributed by atoms with Crippen molar-refractivity contribution in [2.24, 2.45) is 5.73 Å². The van der Waals surface area contributed by atoms with Gasteiger partial charge in [-0.1, -0.05) is 6.07 Å². The molecule has 18 heavy (non-hydrogen) atoms. The van der Waals surface area contributed by atoms with Crippen LogP contribution in [0.5, 0.6) is 5.75 Å². The molecular formula is C14H22N2O2. The van der Waals surface area contributed by atoms with Gasteiger partial charge in [-0.15, -0.1) is 0 Å². The maximum absolute atomic E-state index is 11.4. The van der Waals surface area contributed by atoms with Crippen LogP contribution in [0.25, 0.3) is 0 Å². The van der Waals surface area contributed by atoms with Crippen molar-refractivity contribution in [3.8, 4) is 5.75 Å². The first kappa shape index (κ1) is 14.5. The van der Waals surface area contributed by atoms with Crippen molar-refractivity contribution in [1.29, 1.82) is 0 Å². The molecule has 0 aliphatic heterocycles. The minimum atomic E-state index is -0.0309. The van der Waals surface area contributed by atoms with E-state index in [2.05, 4.69) is 11.4 Å². The molecule has 1 atom stereocenters. The SMILES string of the molecule is Cc1cc(C)cc(OCCC(=O)NCC(C)N)c1. The highest BCUT2D eigenvalue weighted by Gasteiger charge is 2.03. The highest BCUT2D eigenvalue weighted by atomic mass is 16.5. The van der Waals surface area contributed by atoms with Gasteiger partial charge in [-0.05, 0) is 44.0 Å². The summed E-state index contributed by atoms with van der Waals surface area (Å²) in [6, 6.07) is 6.00. The van der Waals surface area contributed by atoms with E-state index in [1.165, 1.54) is 0 Å². The van der Waals surface area contributed by atoms with Gasteiger partial charge in [0, 0.05) is 12.6 Å². The largest absolute Gasteiger partial charge is 0.493 e. The Morgan fingerprint density at radius 2 is 1.94 bits per heavy atom. The molecule has 1 rings (SSSR count). The van der Waals surface area contributed by atoms with E-state index in [0.29, 0.717) is 19.6 Å². The number of rotatable bonds is 6. The summed E-state index contributed by atoms with van der Waals surface area (Å²) in [7, 11) is 0. The molecule has 0 saturated heterocycles. The van der Waals surface area contributed by atoms with Gasteiger partial charge in [-0.25, -0.2) is 0 Å². The van der Waals surface area contributed by atoms with Crippen LogP contribution >= 0.6 is 0 Å². The number of amides is 1. The number of aryl methyl sites for hydroxylation is 2. The normalized spacial score (nSPS) is 12.0. The van der Waals surface area contributed by atoms with Gasteiger partial charge >= 0.3 is 0 Å². The van der Waals surface area contributed by atoms with Crippen molar-refractivity contribution in [2.45, 2.75) is 33.2 Å². The zero-order chi connectivity index (χ0) is 13.5. The number of carbonyl (C=O) groups is 1. The van der Waals surface area contributed by atoms with Crippen LogP contribution in [-0.4, -0.2) is 25.1 Å². The van der Waals surface area contributed by atoms with E-state index in [4.69, 9.17) is 10.5 Å². The lowest BCUT2D eigenvalue weighted by Crippen LogP contribution is -2.35. The summed E-state index contributed by atoms with van der Waals surface area (Å²) >= 11 is 0. The summed E-state index contributed by atoms with van der Waals surface area (Å²) in [5, 5.41) is 2.75. The highest BCUT2D eigenvalue weighted by Crippen LogP contribution is 2.16. The Labute approximate surface area is 109 Å². The van der Waals surface area contributed by atoms with Crippen LogP contribution < -0.4 is 15.8 Å². The molecule has 0 heterocycles. The summed E-state index contributed by atoms with van der Waals surface area (Å²) in [5.74, 6) is 0.782. The average molecular weight is 250 g/mol. The first-order valence-electron chi connectivity index (χ1n) is 6.21. The fourth-order valence-electron chi connectivity index (χ4n) is 1.64. The molecule has 4 heteroatoms. The zero-order valence-corrected chi connectivity index (χ0v) is 11.3. The fraction of sp³-hybridized carbons (Fsp3) is 0.500. The second-order valence-electron chi connectivity index (χ2n) is 4.70. The van der Waals surface area contributed by atoms with Crippen molar-refractivity contribution in [1.82, 2.24) is 5.32 Å². The molecule has 1 amide bonds. The molecule has 100 valence electrons. The van der Waals surface area contributed by atoms with Crippen LogP contribution in [0.2, 0.25) is 0 Å². The zero-order valence-electron chi connectivity index (χ0n) is 11.3. The van der Waals surface area contributed by atoms with E-state index in [-0.39, 0.29) is 11.9 Å². The van der Waals surface area contributed by atoms with Crippen LogP contribution in [0, 0.1) is 13.8 Å². The minimum absolute atomic E-state index is 0.0192. The maximum atomic E-state index is 11.4. The molecule has 3 N–H and O–H groups in total. The van der Waals surface area contributed by atoms with E-state index in [1.54, 1.807) is 0 Å².